The van der Waals surface area contributed by atoms with Gasteiger partial charge < -0.3 is 9.72 Å². The molecule has 4 heterocycles. The number of rotatable bonds is 4. The molecule has 0 saturated carbocycles. The van der Waals surface area contributed by atoms with Crippen LogP contribution in [0.3, 0.4) is 0 Å². The van der Waals surface area contributed by atoms with Gasteiger partial charge in [0.25, 0.3) is 0 Å². The Morgan fingerprint density at radius 1 is 0.848 bits per heavy atom. The van der Waals surface area contributed by atoms with Crippen molar-refractivity contribution in [1.82, 2.24) is 25.1 Å². The molecule has 0 unspecified atom stereocenters. The molecule has 6 nitrogen and oxygen atoms in total. The van der Waals surface area contributed by atoms with Crippen molar-refractivity contribution in [2.24, 2.45) is 0 Å². The number of nitrogens with one attached hydrogen (secondary N) is 2. The van der Waals surface area contributed by atoms with Gasteiger partial charge in [-0.15, -0.1) is 0 Å². The minimum atomic E-state index is -0.251. The van der Waals surface area contributed by atoms with Gasteiger partial charge in [0, 0.05) is 45.4 Å². The fourth-order valence-corrected chi connectivity index (χ4v) is 4.15. The third-order valence-corrected chi connectivity index (χ3v) is 5.78. The summed E-state index contributed by atoms with van der Waals surface area (Å²) in [5.74, 6) is 0.426. The summed E-state index contributed by atoms with van der Waals surface area (Å²) in [7, 11) is 1.61. The van der Waals surface area contributed by atoms with E-state index in [0.29, 0.717) is 17.0 Å². The predicted octanol–water partition coefficient (Wildman–Crippen LogP) is 5.98. The Labute approximate surface area is 188 Å². The van der Waals surface area contributed by atoms with E-state index in [0.717, 1.165) is 44.4 Å². The average molecular weight is 435 g/mol. The Morgan fingerprint density at radius 2 is 1.70 bits per heavy atom. The maximum Gasteiger partial charge on any atom is 0.155 e. The molecule has 0 aliphatic rings. The summed E-state index contributed by atoms with van der Waals surface area (Å²) >= 11 is 0. The summed E-state index contributed by atoms with van der Waals surface area (Å²) in [6.45, 7) is 0. The standard InChI is InChI=1S/C26H18FN5O/c1-33-17-9-15(12-28-14-17)16-10-21-25(31-32-26(21)29-13-16)24-11-20-18(6-4-8-23(20)30-24)19-5-2-3-7-22(19)27/h2-14,30H,1H3,(H,29,31,32). The number of hydrogen-bond acceptors (Lipinski definition) is 4. The number of hydrogen-bond donors (Lipinski definition) is 2. The molecule has 0 saturated heterocycles. The van der Waals surface area contributed by atoms with Gasteiger partial charge in [0.05, 0.1) is 19.0 Å². The molecule has 0 bridgehead atoms. The van der Waals surface area contributed by atoms with Crippen molar-refractivity contribution in [3.8, 4) is 39.4 Å². The van der Waals surface area contributed by atoms with Gasteiger partial charge in [0.1, 0.15) is 17.3 Å². The van der Waals surface area contributed by atoms with E-state index >= 15 is 0 Å². The fraction of sp³-hybridized carbons (Fsp3) is 0.0385. The number of nitrogens with zero attached hydrogens (tertiary/aromatic N) is 3. The van der Waals surface area contributed by atoms with Gasteiger partial charge >= 0.3 is 0 Å². The monoisotopic (exact) mass is 435 g/mol. The summed E-state index contributed by atoms with van der Waals surface area (Å²) < 4.78 is 19.8. The Morgan fingerprint density at radius 3 is 2.58 bits per heavy atom. The van der Waals surface area contributed by atoms with E-state index in [2.05, 4.69) is 25.1 Å². The van der Waals surface area contributed by atoms with Crippen molar-refractivity contribution in [2.45, 2.75) is 0 Å². The number of ether oxygens (including phenoxy) is 1. The Balaban J connectivity index is 1.50. The number of H-pyrrole nitrogens is 2. The van der Waals surface area contributed by atoms with Crippen LogP contribution in [-0.2, 0) is 0 Å². The normalized spacial score (nSPS) is 11.3. The first-order valence-electron chi connectivity index (χ1n) is 10.4. The molecule has 6 rings (SSSR count). The molecule has 2 aromatic carbocycles. The quantitative estimate of drug-likeness (QED) is 0.357. The zero-order valence-corrected chi connectivity index (χ0v) is 17.6. The summed E-state index contributed by atoms with van der Waals surface area (Å²) in [6.07, 6.45) is 5.22. The van der Waals surface area contributed by atoms with Gasteiger partial charge in [0.15, 0.2) is 5.65 Å². The van der Waals surface area contributed by atoms with Crippen LogP contribution in [0.25, 0.3) is 55.6 Å². The number of halogens is 1. The van der Waals surface area contributed by atoms with E-state index in [1.54, 1.807) is 37.8 Å². The zero-order valence-electron chi connectivity index (χ0n) is 17.6. The van der Waals surface area contributed by atoms with Crippen LogP contribution in [0, 0.1) is 5.82 Å². The molecule has 0 radical (unpaired) electrons. The molecule has 0 spiro atoms. The summed E-state index contributed by atoms with van der Waals surface area (Å²) in [6, 6.07) is 18.6. The van der Waals surface area contributed by atoms with Crippen LogP contribution in [-0.4, -0.2) is 32.3 Å². The highest BCUT2D eigenvalue weighted by Crippen LogP contribution is 2.35. The molecule has 0 atom stereocenters. The second kappa shape index (κ2) is 7.56. The predicted molar refractivity (Wildman–Crippen MR) is 126 cm³/mol. The molecule has 0 fully saturated rings. The molecule has 4 aromatic heterocycles. The van der Waals surface area contributed by atoms with Crippen molar-refractivity contribution in [2.75, 3.05) is 7.11 Å². The number of fused-ring (bicyclic) bond motifs is 2. The highest BCUT2D eigenvalue weighted by Gasteiger charge is 2.16. The molecule has 0 aliphatic carbocycles. The molecule has 160 valence electrons. The number of methoxy groups -OCH3 is 1. The third kappa shape index (κ3) is 3.22. The van der Waals surface area contributed by atoms with Gasteiger partial charge in [0.2, 0.25) is 0 Å². The molecular formula is C26H18FN5O. The fourth-order valence-electron chi connectivity index (χ4n) is 4.15. The van der Waals surface area contributed by atoms with Crippen molar-refractivity contribution in [3.05, 3.63) is 85.1 Å². The second-order valence-electron chi connectivity index (χ2n) is 7.74. The lowest BCUT2D eigenvalue weighted by atomic mass is 10.0. The summed E-state index contributed by atoms with van der Waals surface area (Å²) in [5.41, 5.74) is 6.34. The smallest absolute Gasteiger partial charge is 0.155 e. The van der Waals surface area contributed by atoms with Crippen LogP contribution in [0.5, 0.6) is 5.75 Å². The third-order valence-electron chi connectivity index (χ3n) is 5.78. The molecule has 6 aromatic rings. The molecule has 0 amide bonds. The van der Waals surface area contributed by atoms with E-state index in [4.69, 9.17) is 4.74 Å². The molecular weight excluding hydrogens is 417 g/mol. The first kappa shape index (κ1) is 19.2. The van der Waals surface area contributed by atoms with E-state index < -0.39 is 0 Å². The van der Waals surface area contributed by atoms with Crippen molar-refractivity contribution in [3.63, 3.8) is 0 Å². The van der Waals surface area contributed by atoms with Gasteiger partial charge in [-0.3, -0.25) is 10.1 Å². The van der Waals surface area contributed by atoms with Crippen LogP contribution in [0.2, 0.25) is 0 Å². The molecule has 7 heteroatoms. The lowest BCUT2D eigenvalue weighted by Crippen LogP contribution is -1.87. The lowest BCUT2D eigenvalue weighted by molar-refractivity contribution is 0.413. The van der Waals surface area contributed by atoms with Gasteiger partial charge in [-0.05, 0) is 35.9 Å². The van der Waals surface area contributed by atoms with Crippen molar-refractivity contribution < 1.29 is 9.13 Å². The van der Waals surface area contributed by atoms with Crippen LogP contribution < -0.4 is 4.74 Å². The van der Waals surface area contributed by atoms with Gasteiger partial charge in [-0.2, -0.15) is 5.10 Å². The maximum absolute atomic E-state index is 14.5. The maximum atomic E-state index is 14.5. The number of aromatic amines is 2. The SMILES string of the molecule is COc1cncc(-c2cnc3[nH]nc(-c4cc5c(-c6ccccc6F)cccc5[nH]4)c3c2)c1. The first-order chi connectivity index (χ1) is 16.2. The van der Waals surface area contributed by atoms with Crippen LogP contribution in [0.15, 0.2) is 79.3 Å². The van der Waals surface area contributed by atoms with Crippen LogP contribution in [0.4, 0.5) is 4.39 Å². The first-order valence-corrected chi connectivity index (χ1v) is 10.4. The molecule has 33 heavy (non-hydrogen) atoms. The number of aromatic nitrogens is 5. The molecule has 0 aliphatic heterocycles. The second-order valence-corrected chi connectivity index (χ2v) is 7.74. The lowest BCUT2D eigenvalue weighted by Gasteiger charge is -2.04. The average Bonchev–Trinajstić information content (AvgIpc) is 3.48. The van der Waals surface area contributed by atoms with Crippen LogP contribution in [0.1, 0.15) is 0 Å². The van der Waals surface area contributed by atoms with Crippen molar-refractivity contribution >= 4 is 21.9 Å². The van der Waals surface area contributed by atoms with Crippen LogP contribution >= 0.6 is 0 Å². The van der Waals surface area contributed by atoms with Gasteiger partial charge in [-0.25, -0.2) is 9.37 Å². The highest BCUT2D eigenvalue weighted by atomic mass is 19.1. The van der Waals surface area contributed by atoms with Gasteiger partial charge in [-0.1, -0.05) is 30.3 Å². The van der Waals surface area contributed by atoms with Crippen molar-refractivity contribution in [1.29, 1.82) is 0 Å². The largest absolute Gasteiger partial charge is 0.495 e. The number of pyridine rings is 2. The minimum Gasteiger partial charge on any atom is -0.495 e. The summed E-state index contributed by atoms with van der Waals surface area (Å²) in [5, 5.41) is 9.32. The Bertz CT molecular complexity index is 1640. The topological polar surface area (TPSA) is 79.5 Å². The van der Waals surface area contributed by atoms with E-state index in [1.807, 2.05) is 42.5 Å². The number of benzene rings is 2. The summed E-state index contributed by atoms with van der Waals surface area (Å²) in [4.78, 5) is 12.2. The Kier molecular flexibility index (Phi) is 4.40. The van der Waals surface area contributed by atoms with E-state index in [9.17, 15) is 4.39 Å². The van der Waals surface area contributed by atoms with E-state index in [-0.39, 0.29) is 5.82 Å². The van der Waals surface area contributed by atoms with E-state index in [1.165, 1.54) is 6.07 Å². The zero-order chi connectivity index (χ0) is 22.4. The molecule has 2 N–H and O–H groups in total. The Hall–Kier alpha value is -4.52. The highest BCUT2D eigenvalue weighted by molar-refractivity contribution is 6.01. The minimum absolute atomic E-state index is 0.251.